The third kappa shape index (κ3) is 3.49. The number of nitriles is 1. The Morgan fingerprint density at radius 1 is 1.05 bits per heavy atom. The average Bonchev–Trinajstić information content (AvgIpc) is 2.47. The van der Waals surface area contributed by atoms with Gasteiger partial charge >= 0.3 is 5.97 Å². The monoisotopic (exact) mass is 279 g/mol. The highest BCUT2D eigenvalue weighted by Gasteiger charge is 2.24. The van der Waals surface area contributed by atoms with E-state index in [0.717, 1.165) is 11.1 Å². The first-order valence-corrected chi connectivity index (χ1v) is 6.73. The molecule has 106 valence electrons. The van der Waals surface area contributed by atoms with Crippen LogP contribution in [0.1, 0.15) is 26.3 Å². The molecule has 0 fully saturated rings. The zero-order valence-corrected chi connectivity index (χ0v) is 12.4. The van der Waals surface area contributed by atoms with Crippen LogP contribution in [0.2, 0.25) is 0 Å². The smallest absolute Gasteiger partial charge is 0.316 e. The Kier molecular flexibility index (Phi) is 4.09. The molecule has 2 aromatic rings. The molecule has 0 aliphatic carbocycles. The van der Waals surface area contributed by atoms with Crippen LogP contribution in [0, 0.1) is 16.7 Å². The van der Waals surface area contributed by atoms with Gasteiger partial charge < -0.3 is 4.74 Å². The third-order valence-electron chi connectivity index (χ3n) is 3.03. The number of para-hydroxylation sites is 1. The van der Waals surface area contributed by atoms with Crippen molar-refractivity contribution in [2.24, 2.45) is 5.41 Å². The maximum atomic E-state index is 12.1. The Hall–Kier alpha value is -2.60. The summed E-state index contributed by atoms with van der Waals surface area (Å²) in [6.45, 7) is 5.46. The van der Waals surface area contributed by atoms with E-state index in [2.05, 4.69) is 6.07 Å². The van der Waals surface area contributed by atoms with Gasteiger partial charge in [-0.1, -0.05) is 30.3 Å². The molecule has 2 rings (SSSR count). The van der Waals surface area contributed by atoms with Gasteiger partial charge in [-0.2, -0.15) is 5.26 Å². The SMILES string of the molecule is CC(C)(C)C(=O)Oc1ccccc1-c1ccc(C#N)cc1. The lowest BCUT2D eigenvalue weighted by atomic mass is 9.97. The summed E-state index contributed by atoms with van der Waals surface area (Å²) in [5.41, 5.74) is 1.78. The molecule has 0 amide bonds. The van der Waals surface area contributed by atoms with Crippen molar-refractivity contribution in [3.05, 3.63) is 54.1 Å². The van der Waals surface area contributed by atoms with Gasteiger partial charge in [-0.3, -0.25) is 4.79 Å². The van der Waals surface area contributed by atoms with Gasteiger partial charge in [0.2, 0.25) is 0 Å². The minimum absolute atomic E-state index is 0.274. The summed E-state index contributed by atoms with van der Waals surface area (Å²) in [4.78, 5) is 12.1. The van der Waals surface area contributed by atoms with Gasteiger partial charge in [0, 0.05) is 5.56 Å². The summed E-state index contributed by atoms with van der Waals surface area (Å²) < 4.78 is 5.52. The van der Waals surface area contributed by atoms with Crippen LogP contribution in [0.15, 0.2) is 48.5 Å². The van der Waals surface area contributed by atoms with Crippen LogP contribution in [-0.4, -0.2) is 5.97 Å². The lowest BCUT2D eigenvalue weighted by Crippen LogP contribution is -2.25. The number of carbonyl (C=O) groups excluding carboxylic acids is 1. The van der Waals surface area contributed by atoms with Crippen molar-refractivity contribution in [2.45, 2.75) is 20.8 Å². The van der Waals surface area contributed by atoms with E-state index < -0.39 is 5.41 Å². The highest BCUT2D eigenvalue weighted by Crippen LogP contribution is 2.31. The van der Waals surface area contributed by atoms with Gasteiger partial charge in [-0.25, -0.2) is 0 Å². The molecule has 0 aliphatic rings. The minimum Gasteiger partial charge on any atom is -0.425 e. The summed E-state index contributed by atoms with van der Waals surface area (Å²) in [5, 5.41) is 8.84. The van der Waals surface area contributed by atoms with Crippen LogP contribution in [0.3, 0.4) is 0 Å². The third-order valence-corrected chi connectivity index (χ3v) is 3.03. The fourth-order valence-electron chi connectivity index (χ4n) is 1.77. The molecule has 3 heteroatoms. The predicted molar refractivity (Wildman–Crippen MR) is 81.7 cm³/mol. The summed E-state index contributed by atoms with van der Waals surface area (Å²) in [6, 6.07) is 16.7. The van der Waals surface area contributed by atoms with Gasteiger partial charge in [-0.15, -0.1) is 0 Å². The van der Waals surface area contributed by atoms with Crippen LogP contribution in [-0.2, 0) is 4.79 Å². The molecule has 0 heterocycles. The summed E-state index contributed by atoms with van der Waals surface area (Å²) in [6.07, 6.45) is 0. The van der Waals surface area contributed by atoms with Crippen LogP contribution in [0.4, 0.5) is 0 Å². The number of ether oxygens (including phenoxy) is 1. The van der Waals surface area contributed by atoms with Crippen molar-refractivity contribution in [3.8, 4) is 22.9 Å². The van der Waals surface area contributed by atoms with E-state index in [4.69, 9.17) is 10.00 Å². The van der Waals surface area contributed by atoms with E-state index in [1.54, 1.807) is 18.2 Å². The van der Waals surface area contributed by atoms with Gasteiger partial charge in [-0.05, 0) is 44.5 Å². The quantitative estimate of drug-likeness (QED) is 0.612. The van der Waals surface area contributed by atoms with Crippen molar-refractivity contribution in [2.75, 3.05) is 0 Å². The van der Waals surface area contributed by atoms with Gasteiger partial charge in [0.1, 0.15) is 5.75 Å². The molecule has 0 N–H and O–H groups in total. The van der Waals surface area contributed by atoms with E-state index in [9.17, 15) is 4.79 Å². The van der Waals surface area contributed by atoms with Crippen molar-refractivity contribution in [1.82, 2.24) is 0 Å². The molecule has 0 atom stereocenters. The number of hydrogen-bond acceptors (Lipinski definition) is 3. The standard InChI is InChI=1S/C18H17NO2/c1-18(2,3)17(20)21-16-7-5-4-6-15(16)14-10-8-13(12-19)9-11-14/h4-11H,1-3H3. The fraction of sp³-hybridized carbons (Fsp3) is 0.222. The Morgan fingerprint density at radius 2 is 1.67 bits per heavy atom. The molecule has 2 aromatic carbocycles. The van der Waals surface area contributed by atoms with E-state index in [1.165, 1.54) is 0 Å². The maximum Gasteiger partial charge on any atom is 0.316 e. The van der Waals surface area contributed by atoms with Crippen LogP contribution >= 0.6 is 0 Å². The number of esters is 1. The Balaban J connectivity index is 2.37. The number of hydrogen-bond donors (Lipinski definition) is 0. The molecule has 0 saturated heterocycles. The largest absolute Gasteiger partial charge is 0.425 e. The van der Waals surface area contributed by atoms with E-state index >= 15 is 0 Å². The molecule has 0 bridgehead atoms. The Morgan fingerprint density at radius 3 is 2.24 bits per heavy atom. The first-order chi connectivity index (χ1) is 9.91. The fourth-order valence-corrected chi connectivity index (χ4v) is 1.77. The number of carbonyl (C=O) groups is 1. The van der Waals surface area contributed by atoms with Crippen LogP contribution < -0.4 is 4.74 Å². The summed E-state index contributed by atoms with van der Waals surface area (Å²) in [5.74, 6) is 0.255. The van der Waals surface area contributed by atoms with Gasteiger partial charge in [0.15, 0.2) is 0 Å². The lowest BCUT2D eigenvalue weighted by Gasteiger charge is -2.18. The van der Waals surface area contributed by atoms with Crippen LogP contribution in [0.25, 0.3) is 11.1 Å². The predicted octanol–water partition coefficient (Wildman–Crippen LogP) is 4.18. The molecule has 21 heavy (non-hydrogen) atoms. The maximum absolute atomic E-state index is 12.1. The summed E-state index contributed by atoms with van der Waals surface area (Å²) in [7, 11) is 0. The normalized spacial score (nSPS) is 10.8. The number of nitrogens with zero attached hydrogens (tertiary/aromatic N) is 1. The van der Waals surface area contributed by atoms with Crippen molar-refractivity contribution in [3.63, 3.8) is 0 Å². The molecule has 0 aliphatic heterocycles. The molecule has 0 radical (unpaired) electrons. The van der Waals surface area contributed by atoms with E-state index in [1.807, 2.05) is 51.1 Å². The second-order valence-electron chi connectivity index (χ2n) is 5.82. The van der Waals surface area contributed by atoms with Gasteiger partial charge in [0.05, 0.1) is 17.0 Å². The van der Waals surface area contributed by atoms with Crippen molar-refractivity contribution in [1.29, 1.82) is 5.26 Å². The molecule has 0 spiro atoms. The zero-order valence-electron chi connectivity index (χ0n) is 12.4. The molecule has 3 nitrogen and oxygen atoms in total. The van der Waals surface area contributed by atoms with E-state index in [0.29, 0.717) is 11.3 Å². The molecular formula is C18H17NO2. The van der Waals surface area contributed by atoms with E-state index in [-0.39, 0.29) is 5.97 Å². The Labute approximate surface area is 124 Å². The lowest BCUT2D eigenvalue weighted by molar-refractivity contribution is -0.142. The van der Waals surface area contributed by atoms with Gasteiger partial charge in [0.25, 0.3) is 0 Å². The molecular weight excluding hydrogens is 262 g/mol. The average molecular weight is 279 g/mol. The Bertz CT molecular complexity index is 688. The highest BCUT2D eigenvalue weighted by atomic mass is 16.5. The first kappa shape index (κ1) is 14.8. The van der Waals surface area contributed by atoms with Crippen molar-refractivity contribution >= 4 is 5.97 Å². The second kappa shape index (κ2) is 5.80. The molecule has 0 unspecified atom stereocenters. The van der Waals surface area contributed by atoms with Crippen molar-refractivity contribution < 1.29 is 9.53 Å². The number of benzene rings is 2. The summed E-state index contributed by atoms with van der Waals surface area (Å²) >= 11 is 0. The zero-order chi connectivity index (χ0) is 15.5. The molecule has 0 aromatic heterocycles. The number of rotatable bonds is 2. The van der Waals surface area contributed by atoms with Crippen LogP contribution in [0.5, 0.6) is 5.75 Å². The first-order valence-electron chi connectivity index (χ1n) is 6.73. The topological polar surface area (TPSA) is 50.1 Å². The second-order valence-corrected chi connectivity index (χ2v) is 5.82. The molecule has 0 saturated carbocycles. The highest BCUT2D eigenvalue weighted by molar-refractivity contribution is 5.81. The minimum atomic E-state index is -0.558.